The molecule has 0 spiro atoms. The Morgan fingerprint density at radius 1 is 1.64 bits per heavy atom. The first-order valence-corrected chi connectivity index (χ1v) is 3.74. The molecule has 0 aliphatic heterocycles. The maximum Gasteiger partial charge on any atom is 0.144 e. The molecule has 3 heteroatoms. The van der Waals surface area contributed by atoms with Crippen LogP contribution in [-0.4, -0.2) is 36.0 Å². The van der Waals surface area contributed by atoms with E-state index in [1.807, 2.05) is 18.7 Å². The number of likely N-dealkylation sites (N-methyl/N-ethyl adjacent to an activating group) is 1. The number of aliphatic hydroxyl groups is 1. The Balaban J connectivity index is 4.00. The molecule has 64 valence electrons. The molecular formula is C8H15NO2. The number of carbonyl (C=O) groups excluding carboxylic acids is 1. The molecule has 0 aliphatic carbocycles. The number of carbonyl (C=O) groups is 1. The standard InChI is InChI=1S/C8H15NO2/c1-3-9(5-7-11)8(2)4-6-10/h4,6,11H,3,5,7H2,1-2H3. The van der Waals surface area contributed by atoms with Gasteiger partial charge in [0.25, 0.3) is 0 Å². The predicted octanol–water partition coefficient (Wildman–Crippen LogP) is 0.403. The number of aliphatic hydroxyl groups excluding tert-OH is 1. The van der Waals surface area contributed by atoms with Gasteiger partial charge in [-0.05, 0) is 19.9 Å². The fourth-order valence-corrected chi connectivity index (χ4v) is 0.908. The zero-order chi connectivity index (χ0) is 8.69. The Labute approximate surface area is 67.3 Å². The van der Waals surface area contributed by atoms with Crippen molar-refractivity contribution in [3.05, 3.63) is 11.8 Å². The summed E-state index contributed by atoms with van der Waals surface area (Å²) < 4.78 is 0. The van der Waals surface area contributed by atoms with Gasteiger partial charge in [0.15, 0.2) is 0 Å². The molecule has 0 aromatic carbocycles. The minimum Gasteiger partial charge on any atom is -0.395 e. The van der Waals surface area contributed by atoms with Crippen LogP contribution in [0.3, 0.4) is 0 Å². The van der Waals surface area contributed by atoms with Crippen molar-refractivity contribution in [3.63, 3.8) is 0 Å². The number of rotatable bonds is 5. The van der Waals surface area contributed by atoms with E-state index in [2.05, 4.69) is 0 Å². The average molecular weight is 157 g/mol. The zero-order valence-electron chi connectivity index (χ0n) is 7.08. The molecule has 0 saturated carbocycles. The lowest BCUT2D eigenvalue weighted by Gasteiger charge is -2.21. The van der Waals surface area contributed by atoms with E-state index >= 15 is 0 Å². The van der Waals surface area contributed by atoms with Crippen LogP contribution in [0.25, 0.3) is 0 Å². The molecule has 0 heterocycles. The van der Waals surface area contributed by atoms with Gasteiger partial charge in [0.1, 0.15) is 6.29 Å². The molecule has 0 aromatic heterocycles. The fourth-order valence-electron chi connectivity index (χ4n) is 0.908. The van der Waals surface area contributed by atoms with Crippen molar-refractivity contribution in [2.45, 2.75) is 13.8 Å². The second-order valence-electron chi connectivity index (χ2n) is 2.25. The summed E-state index contributed by atoms with van der Waals surface area (Å²) in [5.41, 5.74) is 0.900. The summed E-state index contributed by atoms with van der Waals surface area (Å²) in [6.07, 6.45) is 2.26. The zero-order valence-corrected chi connectivity index (χ0v) is 7.08. The van der Waals surface area contributed by atoms with E-state index < -0.39 is 0 Å². The van der Waals surface area contributed by atoms with Crippen LogP contribution in [0.1, 0.15) is 13.8 Å². The lowest BCUT2D eigenvalue weighted by Crippen LogP contribution is -2.24. The van der Waals surface area contributed by atoms with Crippen LogP contribution in [0.2, 0.25) is 0 Å². The highest BCUT2D eigenvalue weighted by molar-refractivity contribution is 5.65. The summed E-state index contributed by atoms with van der Waals surface area (Å²) in [5, 5.41) is 8.63. The van der Waals surface area contributed by atoms with Gasteiger partial charge in [-0.15, -0.1) is 0 Å². The van der Waals surface area contributed by atoms with Gasteiger partial charge in [0.05, 0.1) is 6.61 Å². The van der Waals surface area contributed by atoms with Crippen LogP contribution >= 0.6 is 0 Å². The summed E-state index contributed by atoms with van der Waals surface area (Å²) in [4.78, 5) is 12.0. The first-order valence-electron chi connectivity index (χ1n) is 3.74. The van der Waals surface area contributed by atoms with Crippen molar-refractivity contribution in [3.8, 4) is 0 Å². The van der Waals surface area contributed by atoms with E-state index in [1.54, 1.807) is 0 Å². The predicted molar refractivity (Wildman–Crippen MR) is 44.2 cm³/mol. The molecule has 0 fully saturated rings. The summed E-state index contributed by atoms with van der Waals surface area (Å²) in [5.74, 6) is 0. The number of hydrogen-bond acceptors (Lipinski definition) is 3. The third kappa shape index (κ3) is 3.78. The first-order chi connectivity index (χ1) is 5.26. The van der Waals surface area contributed by atoms with Crippen LogP contribution in [0.5, 0.6) is 0 Å². The highest BCUT2D eigenvalue weighted by Crippen LogP contribution is 1.99. The quantitative estimate of drug-likeness (QED) is 0.464. The Hall–Kier alpha value is -0.830. The lowest BCUT2D eigenvalue weighted by atomic mass is 10.3. The molecule has 3 nitrogen and oxygen atoms in total. The number of nitrogens with zero attached hydrogens (tertiary/aromatic N) is 1. The normalized spacial score (nSPS) is 11.4. The summed E-state index contributed by atoms with van der Waals surface area (Å²) >= 11 is 0. The third-order valence-corrected chi connectivity index (χ3v) is 1.56. The van der Waals surface area contributed by atoms with Crippen LogP contribution in [-0.2, 0) is 4.79 Å². The van der Waals surface area contributed by atoms with Gasteiger partial charge in [-0.1, -0.05) is 0 Å². The van der Waals surface area contributed by atoms with E-state index in [1.165, 1.54) is 6.08 Å². The smallest absolute Gasteiger partial charge is 0.144 e. The number of aldehydes is 1. The maximum absolute atomic E-state index is 10.1. The monoisotopic (exact) mass is 157 g/mol. The van der Waals surface area contributed by atoms with Crippen molar-refractivity contribution in [1.29, 1.82) is 0 Å². The van der Waals surface area contributed by atoms with Gasteiger partial charge in [-0.3, -0.25) is 4.79 Å². The highest BCUT2D eigenvalue weighted by atomic mass is 16.3. The summed E-state index contributed by atoms with van der Waals surface area (Å²) in [6, 6.07) is 0. The molecule has 0 bridgehead atoms. The lowest BCUT2D eigenvalue weighted by molar-refractivity contribution is -0.104. The van der Waals surface area contributed by atoms with E-state index in [4.69, 9.17) is 5.11 Å². The minimum absolute atomic E-state index is 0.123. The van der Waals surface area contributed by atoms with Crippen molar-refractivity contribution >= 4 is 6.29 Å². The van der Waals surface area contributed by atoms with E-state index in [9.17, 15) is 4.79 Å². The molecule has 0 atom stereocenters. The van der Waals surface area contributed by atoms with Gasteiger partial charge in [0, 0.05) is 18.8 Å². The van der Waals surface area contributed by atoms with Crippen molar-refractivity contribution in [2.24, 2.45) is 0 Å². The van der Waals surface area contributed by atoms with Crippen molar-refractivity contribution < 1.29 is 9.90 Å². The van der Waals surface area contributed by atoms with Crippen molar-refractivity contribution in [1.82, 2.24) is 4.90 Å². The Kier molecular flexibility index (Phi) is 5.47. The van der Waals surface area contributed by atoms with E-state index in [0.717, 1.165) is 18.5 Å². The number of hydrogen-bond donors (Lipinski definition) is 1. The van der Waals surface area contributed by atoms with Gasteiger partial charge >= 0.3 is 0 Å². The first kappa shape index (κ1) is 10.2. The molecule has 0 unspecified atom stereocenters. The summed E-state index contributed by atoms with van der Waals surface area (Å²) in [6.45, 7) is 5.37. The minimum atomic E-state index is 0.123. The Morgan fingerprint density at radius 3 is 2.64 bits per heavy atom. The fraction of sp³-hybridized carbons (Fsp3) is 0.625. The molecule has 0 aromatic rings. The highest BCUT2D eigenvalue weighted by Gasteiger charge is 1.99. The van der Waals surface area contributed by atoms with Crippen LogP contribution in [0, 0.1) is 0 Å². The largest absolute Gasteiger partial charge is 0.395 e. The van der Waals surface area contributed by atoms with E-state index in [-0.39, 0.29) is 6.61 Å². The maximum atomic E-state index is 10.1. The van der Waals surface area contributed by atoms with Crippen LogP contribution < -0.4 is 0 Å². The molecule has 0 amide bonds. The topological polar surface area (TPSA) is 40.5 Å². The molecule has 0 rings (SSSR count). The van der Waals surface area contributed by atoms with Gasteiger partial charge < -0.3 is 10.0 Å². The van der Waals surface area contributed by atoms with Crippen LogP contribution in [0.15, 0.2) is 11.8 Å². The second kappa shape index (κ2) is 5.92. The molecule has 0 saturated heterocycles. The summed E-state index contributed by atoms with van der Waals surface area (Å²) in [7, 11) is 0. The Bertz CT molecular complexity index is 143. The molecule has 11 heavy (non-hydrogen) atoms. The Morgan fingerprint density at radius 2 is 2.27 bits per heavy atom. The van der Waals surface area contributed by atoms with Gasteiger partial charge in [-0.2, -0.15) is 0 Å². The van der Waals surface area contributed by atoms with Crippen molar-refractivity contribution in [2.75, 3.05) is 19.7 Å². The molecule has 0 radical (unpaired) electrons. The third-order valence-electron chi connectivity index (χ3n) is 1.56. The molecule has 0 aliphatic rings. The average Bonchev–Trinajstić information content (AvgIpc) is 2.00. The second-order valence-corrected chi connectivity index (χ2v) is 2.25. The number of allylic oxidation sites excluding steroid dienone is 2. The molecule has 1 N–H and O–H groups in total. The van der Waals surface area contributed by atoms with Gasteiger partial charge in [-0.25, -0.2) is 0 Å². The van der Waals surface area contributed by atoms with Gasteiger partial charge in [0.2, 0.25) is 0 Å². The van der Waals surface area contributed by atoms with Crippen LogP contribution in [0.4, 0.5) is 0 Å². The molecular weight excluding hydrogens is 142 g/mol. The van der Waals surface area contributed by atoms with E-state index in [0.29, 0.717) is 6.54 Å². The SMILES string of the molecule is CCN(CCO)C(C)=CC=O.